The van der Waals surface area contributed by atoms with Crippen molar-refractivity contribution in [2.45, 2.75) is 6.04 Å². The lowest BCUT2D eigenvalue weighted by molar-refractivity contribution is 0.184. The van der Waals surface area contributed by atoms with Gasteiger partial charge in [0.2, 0.25) is 0 Å². The Balaban J connectivity index is 2.21. The van der Waals surface area contributed by atoms with E-state index in [1.54, 1.807) is 7.11 Å². The molecule has 1 aliphatic heterocycles. The van der Waals surface area contributed by atoms with Gasteiger partial charge in [0.05, 0.1) is 13.2 Å². The van der Waals surface area contributed by atoms with E-state index in [9.17, 15) is 0 Å². The molecule has 1 aliphatic rings. The van der Waals surface area contributed by atoms with E-state index in [1.807, 2.05) is 18.2 Å². The van der Waals surface area contributed by atoms with Crippen molar-refractivity contribution < 1.29 is 4.74 Å². The molecule has 1 unspecified atom stereocenters. The highest BCUT2D eigenvalue weighted by Gasteiger charge is 2.23. The zero-order valence-corrected chi connectivity index (χ0v) is 10.9. The van der Waals surface area contributed by atoms with Crippen LogP contribution >= 0.6 is 11.6 Å². The second kappa shape index (κ2) is 6.24. The third-order valence-electron chi connectivity index (χ3n) is 3.24. The maximum atomic E-state index is 6.15. The summed E-state index contributed by atoms with van der Waals surface area (Å²) in [6.45, 7) is 4.13. The Kier molecular flexibility index (Phi) is 4.66. The first kappa shape index (κ1) is 12.7. The van der Waals surface area contributed by atoms with Crippen LogP contribution in [0.5, 0.6) is 5.75 Å². The third-order valence-corrected chi connectivity index (χ3v) is 3.53. The number of hydrogen-bond acceptors (Lipinski definition) is 3. The van der Waals surface area contributed by atoms with E-state index in [0.717, 1.165) is 31.9 Å². The molecule has 0 aliphatic carbocycles. The molecule has 1 fully saturated rings. The topological polar surface area (TPSA) is 24.5 Å². The molecular weight excluding hydrogens is 236 g/mol. The average molecular weight is 255 g/mol. The van der Waals surface area contributed by atoms with Crippen LogP contribution in [0.4, 0.5) is 0 Å². The van der Waals surface area contributed by atoms with E-state index < -0.39 is 0 Å². The van der Waals surface area contributed by atoms with Crippen molar-refractivity contribution in [3.8, 4) is 5.75 Å². The summed E-state index contributed by atoms with van der Waals surface area (Å²) in [6.07, 6.45) is 0. The number of para-hydroxylation sites is 1. The first-order chi connectivity index (χ1) is 8.36. The fourth-order valence-electron chi connectivity index (χ4n) is 2.31. The first-order valence-corrected chi connectivity index (χ1v) is 6.54. The predicted octanol–water partition coefficient (Wildman–Crippen LogP) is 1.88. The summed E-state index contributed by atoms with van der Waals surface area (Å²) in [4.78, 5) is 2.42. The minimum atomic E-state index is 0.245. The number of hydrogen-bond donors (Lipinski definition) is 1. The van der Waals surface area contributed by atoms with E-state index in [4.69, 9.17) is 16.3 Å². The smallest absolute Gasteiger partial charge is 0.123 e. The molecule has 0 aromatic heterocycles. The van der Waals surface area contributed by atoms with Crippen LogP contribution < -0.4 is 10.1 Å². The average Bonchev–Trinajstić information content (AvgIpc) is 2.41. The number of piperazine rings is 1. The van der Waals surface area contributed by atoms with Crippen molar-refractivity contribution in [3.05, 3.63) is 29.8 Å². The maximum Gasteiger partial charge on any atom is 0.123 e. The molecule has 2 rings (SSSR count). The quantitative estimate of drug-likeness (QED) is 0.831. The standard InChI is InChI=1S/C13H19ClN2O/c1-17-13-5-3-2-4-11(13)12(10-14)16-8-6-15-7-9-16/h2-5,12,15H,6-10H2,1H3. The van der Waals surface area contributed by atoms with Crippen molar-refractivity contribution >= 4 is 11.6 Å². The number of halogens is 1. The molecule has 0 radical (unpaired) electrons. The lowest BCUT2D eigenvalue weighted by Gasteiger charge is -2.34. The number of rotatable bonds is 4. The Labute approximate surface area is 108 Å². The number of alkyl halides is 1. The molecule has 1 atom stereocenters. The summed E-state index contributed by atoms with van der Waals surface area (Å²) in [5.74, 6) is 1.53. The van der Waals surface area contributed by atoms with Gasteiger partial charge in [0, 0.05) is 37.6 Å². The molecule has 0 bridgehead atoms. The number of methoxy groups -OCH3 is 1. The third kappa shape index (κ3) is 2.92. The molecular formula is C13H19ClN2O. The molecule has 17 heavy (non-hydrogen) atoms. The summed E-state index contributed by atoms with van der Waals surface area (Å²) < 4.78 is 5.42. The fraction of sp³-hybridized carbons (Fsp3) is 0.538. The number of ether oxygens (including phenoxy) is 1. The molecule has 1 N–H and O–H groups in total. The zero-order valence-electron chi connectivity index (χ0n) is 10.2. The molecule has 1 aromatic carbocycles. The van der Waals surface area contributed by atoms with Gasteiger partial charge in [0.25, 0.3) is 0 Å². The van der Waals surface area contributed by atoms with Crippen LogP contribution in [0.2, 0.25) is 0 Å². The summed E-state index contributed by atoms with van der Waals surface area (Å²) in [7, 11) is 1.71. The van der Waals surface area contributed by atoms with Gasteiger partial charge in [-0.2, -0.15) is 0 Å². The molecule has 0 saturated carbocycles. The Hall–Kier alpha value is -0.770. The maximum absolute atomic E-state index is 6.15. The van der Waals surface area contributed by atoms with Gasteiger partial charge in [-0.15, -0.1) is 11.6 Å². The Morgan fingerprint density at radius 2 is 2.06 bits per heavy atom. The van der Waals surface area contributed by atoms with Crippen LogP contribution in [0.3, 0.4) is 0 Å². The van der Waals surface area contributed by atoms with Crippen molar-refractivity contribution in [3.63, 3.8) is 0 Å². The lowest BCUT2D eigenvalue weighted by Crippen LogP contribution is -2.45. The van der Waals surface area contributed by atoms with Crippen LogP contribution in [0.25, 0.3) is 0 Å². The van der Waals surface area contributed by atoms with E-state index in [1.165, 1.54) is 5.56 Å². The van der Waals surface area contributed by atoms with E-state index in [-0.39, 0.29) is 6.04 Å². The monoisotopic (exact) mass is 254 g/mol. The van der Waals surface area contributed by atoms with Crippen LogP contribution in [0.1, 0.15) is 11.6 Å². The van der Waals surface area contributed by atoms with Gasteiger partial charge in [-0.1, -0.05) is 18.2 Å². The molecule has 3 nitrogen and oxygen atoms in total. The van der Waals surface area contributed by atoms with Crippen molar-refractivity contribution in [1.29, 1.82) is 0 Å². The largest absolute Gasteiger partial charge is 0.496 e. The summed E-state index contributed by atoms with van der Waals surface area (Å²) in [5.41, 5.74) is 1.19. The Morgan fingerprint density at radius 3 is 2.71 bits per heavy atom. The molecule has 0 spiro atoms. The highest BCUT2D eigenvalue weighted by Crippen LogP contribution is 2.30. The van der Waals surface area contributed by atoms with Crippen molar-refractivity contribution in [1.82, 2.24) is 10.2 Å². The second-order valence-corrected chi connectivity index (χ2v) is 4.51. The van der Waals surface area contributed by atoms with Gasteiger partial charge in [-0.3, -0.25) is 4.90 Å². The van der Waals surface area contributed by atoms with Crippen LogP contribution in [0, 0.1) is 0 Å². The highest BCUT2D eigenvalue weighted by atomic mass is 35.5. The predicted molar refractivity (Wildman–Crippen MR) is 70.9 cm³/mol. The molecule has 1 heterocycles. The van der Waals surface area contributed by atoms with E-state index >= 15 is 0 Å². The van der Waals surface area contributed by atoms with Gasteiger partial charge in [0.1, 0.15) is 5.75 Å². The van der Waals surface area contributed by atoms with Gasteiger partial charge >= 0.3 is 0 Å². The van der Waals surface area contributed by atoms with E-state index in [2.05, 4.69) is 16.3 Å². The minimum absolute atomic E-state index is 0.245. The van der Waals surface area contributed by atoms with Crippen LogP contribution in [0.15, 0.2) is 24.3 Å². The molecule has 4 heteroatoms. The number of nitrogens with zero attached hydrogens (tertiary/aromatic N) is 1. The number of benzene rings is 1. The fourth-order valence-corrected chi connectivity index (χ4v) is 2.67. The van der Waals surface area contributed by atoms with Crippen LogP contribution in [-0.2, 0) is 0 Å². The Morgan fingerprint density at radius 1 is 1.35 bits per heavy atom. The van der Waals surface area contributed by atoms with Crippen LogP contribution in [-0.4, -0.2) is 44.1 Å². The molecule has 1 saturated heterocycles. The van der Waals surface area contributed by atoms with Crippen molar-refractivity contribution in [2.24, 2.45) is 0 Å². The van der Waals surface area contributed by atoms with Gasteiger partial charge < -0.3 is 10.1 Å². The summed E-state index contributed by atoms with van der Waals surface area (Å²) >= 11 is 6.15. The van der Waals surface area contributed by atoms with Gasteiger partial charge in [-0.25, -0.2) is 0 Å². The normalized spacial score (nSPS) is 18.9. The Bertz CT molecular complexity index is 353. The number of nitrogens with one attached hydrogen (secondary N) is 1. The minimum Gasteiger partial charge on any atom is -0.496 e. The zero-order chi connectivity index (χ0) is 12.1. The lowest BCUT2D eigenvalue weighted by atomic mass is 10.0. The van der Waals surface area contributed by atoms with E-state index in [0.29, 0.717) is 5.88 Å². The summed E-state index contributed by atoms with van der Waals surface area (Å²) in [5, 5.41) is 3.36. The first-order valence-electron chi connectivity index (χ1n) is 6.00. The van der Waals surface area contributed by atoms with Gasteiger partial charge in [-0.05, 0) is 6.07 Å². The molecule has 0 amide bonds. The SMILES string of the molecule is COc1ccccc1C(CCl)N1CCNCC1. The van der Waals surface area contributed by atoms with Crippen molar-refractivity contribution in [2.75, 3.05) is 39.2 Å². The molecule has 94 valence electrons. The van der Waals surface area contributed by atoms with Gasteiger partial charge in [0.15, 0.2) is 0 Å². The second-order valence-electron chi connectivity index (χ2n) is 4.20. The molecule has 1 aromatic rings. The highest BCUT2D eigenvalue weighted by molar-refractivity contribution is 6.18. The summed E-state index contributed by atoms with van der Waals surface area (Å²) in [6, 6.07) is 8.38.